The molecule has 0 spiro atoms. The standard InChI is InChI=1S/C23H31N5O2/c1-2-6-18-16-7-3-4-8-17(16)19-20-21(30-23(19)27-18)22(26-15-25-20)24-9-5-10-28-11-13-29-14-12-28/h15H,2-14H2,1H3,(H,24,25,26). The number of ether oxygens (including phenoxy) is 1. The van der Waals surface area contributed by atoms with Gasteiger partial charge in [-0.05, 0) is 56.2 Å². The van der Waals surface area contributed by atoms with Gasteiger partial charge < -0.3 is 14.5 Å². The van der Waals surface area contributed by atoms with Crippen molar-refractivity contribution in [1.82, 2.24) is 19.9 Å². The Hall–Kier alpha value is -2.25. The minimum absolute atomic E-state index is 0.728. The summed E-state index contributed by atoms with van der Waals surface area (Å²) in [5.74, 6) is 0.779. The third-order valence-corrected chi connectivity index (χ3v) is 6.34. The summed E-state index contributed by atoms with van der Waals surface area (Å²) in [6.45, 7) is 7.88. The molecule has 0 unspecified atom stereocenters. The van der Waals surface area contributed by atoms with E-state index in [1.807, 2.05) is 0 Å². The normalized spacial score (nSPS) is 17.5. The average Bonchev–Trinajstić information content (AvgIpc) is 3.17. The van der Waals surface area contributed by atoms with Crippen LogP contribution in [0.25, 0.3) is 22.2 Å². The van der Waals surface area contributed by atoms with Crippen LogP contribution in [0.4, 0.5) is 5.82 Å². The third kappa shape index (κ3) is 3.76. The molecular formula is C23H31N5O2. The van der Waals surface area contributed by atoms with Gasteiger partial charge in [0, 0.05) is 25.3 Å². The molecule has 1 aliphatic heterocycles. The lowest BCUT2D eigenvalue weighted by Crippen LogP contribution is -2.37. The van der Waals surface area contributed by atoms with Gasteiger partial charge in [-0.25, -0.2) is 15.0 Å². The molecule has 0 radical (unpaired) electrons. The zero-order valence-electron chi connectivity index (χ0n) is 17.9. The molecule has 4 heterocycles. The van der Waals surface area contributed by atoms with Gasteiger partial charge in [0.05, 0.1) is 18.6 Å². The highest BCUT2D eigenvalue weighted by atomic mass is 16.5. The van der Waals surface area contributed by atoms with Gasteiger partial charge in [-0.2, -0.15) is 0 Å². The van der Waals surface area contributed by atoms with Crippen molar-refractivity contribution in [2.45, 2.75) is 51.9 Å². The fourth-order valence-corrected chi connectivity index (χ4v) is 4.84. The molecule has 1 fully saturated rings. The molecule has 0 atom stereocenters. The van der Waals surface area contributed by atoms with Crippen LogP contribution in [0.15, 0.2) is 10.7 Å². The number of morpholine rings is 1. The molecular weight excluding hydrogens is 378 g/mol. The maximum atomic E-state index is 6.26. The van der Waals surface area contributed by atoms with Gasteiger partial charge in [0.1, 0.15) is 11.8 Å². The van der Waals surface area contributed by atoms with Crippen LogP contribution in [-0.2, 0) is 24.0 Å². The van der Waals surface area contributed by atoms with Crippen molar-refractivity contribution in [2.24, 2.45) is 0 Å². The number of aryl methyl sites for hydroxylation is 2. The average molecular weight is 410 g/mol. The van der Waals surface area contributed by atoms with Crippen LogP contribution < -0.4 is 5.32 Å². The number of hydrogen-bond donors (Lipinski definition) is 1. The fourth-order valence-electron chi connectivity index (χ4n) is 4.84. The van der Waals surface area contributed by atoms with Gasteiger partial charge >= 0.3 is 0 Å². The maximum absolute atomic E-state index is 6.26. The number of fused-ring (bicyclic) bond motifs is 5. The minimum atomic E-state index is 0.728. The first-order chi connectivity index (χ1) is 14.8. The van der Waals surface area contributed by atoms with Crippen LogP contribution in [0.3, 0.4) is 0 Å². The summed E-state index contributed by atoms with van der Waals surface area (Å²) in [6, 6.07) is 0. The van der Waals surface area contributed by atoms with E-state index in [0.29, 0.717) is 0 Å². The number of furan rings is 1. The Morgan fingerprint density at radius 1 is 1.10 bits per heavy atom. The molecule has 5 rings (SSSR count). The molecule has 30 heavy (non-hydrogen) atoms. The van der Waals surface area contributed by atoms with Crippen molar-refractivity contribution in [1.29, 1.82) is 0 Å². The topological polar surface area (TPSA) is 76.3 Å². The van der Waals surface area contributed by atoms with Crippen molar-refractivity contribution in [3.8, 4) is 0 Å². The third-order valence-electron chi connectivity index (χ3n) is 6.34. The van der Waals surface area contributed by atoms with Gasteiger partial charge in [0.2, 0.25) is 5.71 Å². The molecule has 3 aromatic heterocycles. The Bertz CT molecular complexity index is 1030. The molecule has 0 bridgehead atoms. The predicted molar refractivity (Wildman–Crippen MR) is 118 cm³/mol. The second kappa shape index (κ2) is 8.86. The summed E-state index contributed by atoms with van der Waals surface area (Å²) in [5, 5.41) is 4.59. The molecule has 160 valence electrons. The molecule has 1 N–H and O–H groups in total. The quantitative estimate of drug-likeness (QED) is 0.596. The molecule has 1 saturated heterocycles. The summed E-state index contributed by atoms with van der Waals surface area (Å²) < 4.78 is 11.7. The molecule has 0 amide bonds. The van der Waals surface area contributed by atoms with Crippen molar-refractivity contribution in [3.63, 3.8) is 0 Å². The van der Waals surface area contributed by atoms with Crippen LogP contribution in [0, 0.1) is 0 Å². The predicted octanol–water partition coefficient (Wildman–Crippen LogP) is 3.74. The molecule has 0 saturated carbocycles. The van der Waals surface area contributed by atoms with E-state index in [0.717, 1.165) is 99.5 Å². The highest BCUT2D eigenvalue weighted by molar-refractivity contribution is 6.06. The highest BCUT2D eigenvalue weighted by Crippen LogP contribution is 2.37. The Morgan fingerprint density at radius 3 is 2.77 bits per heavy atom. The number of nitrogens with zero attached hydrogens (tertiary/aromatic N) is 4. The van der Waals surface area contributed by atoms with E-state index in [-0.39, 0.29) is 0 Å². The maximum Gasteiger partial charge on any atom is 0.229 e. The van der Waals surface area contributed by atoms with Crippen molar-refractivity contribution in [3.05, 3.63) is 23.1 Å². The Morgan fingerprint density at radius 2 is 1.93 bits per heavy atom. The molecule has 3 aromatic rings. The summed E-state index contributed by atoms with van der Waals surface area (Å²) in [6.07, 6.45) is 9.50. The van der Waals surface area contributed by atoms with Gasteiger partial charge in [0.25, 0.3) is 0 Å². The van der Waals surface area contributed by atoms with Gasteiger partial charge in [-0.1, -0.05) is 13.3 Å². The van der Waals surface area contributed by atoms with E-state index >= 15 is 0 Å². The monoisotopic (exact) mass is 409 g/mol. The smallest absolute Gasteiger partial charge is 0.229 e. The summed E-state index contributed by atoms with van der Waals surface area (Å²) in [4.78, 5) is 16.5. The lowest BCUT2D eigenvalue weighted by molar-refractivity contribution is 0.0378. The van der Waals surface area contributed by atoms with Crippen LogP contribution in [0.2, 0.25) is 0 Å². The summed E-state index contributed by atoms with van der Waals surface area (Å²) >= 11 is 0. The SMILES string of the molecule is CCCc1nc2oc3c(NCCCN4CCOCC4)ncnc3c2c2c1CCCC2. The lowest BCUT2D eigenvalue weighted by Gasteiger charge is -2.26. The Balaban J connectivity index is 1.42. The summed E-state index contributed by atoms with van der Waals surface area (Å²) in [7, 11) is 0. The second-order valence-corrected chi connectivity index (χ2v) is 8.39. The van der Waals surface area contributed by atoms with E-state index in [9.17, 15) is 0 Å². The Labute approximate surface area is 177 Å². The van der Waals surface area contributed by atoms with Crippen molar-refractivity contribution >= 4 is 28.0 Å². The van der Waals surface area contributed by atoms with E-state index in [2.05, 4.69) is 27.1 Å². The lowest BCUT2D eigenvalue weighted by atomic mass is 9.88. The first-order valence-corrected chi connectivity index (χ1v) is 11.5. The van der Waals surface area contributed by atoms with Crippen LogP contribution in [0.5, 0.6) is 0 Å². The van der Waals surface area contributed by atoms with Gasteiger partial charge in [-0.3, -0.25) is 4.90 Å². The number of nitrogens with one attached hydrogen (secondary N) is 1. The van der Waals surface area contributed by atoms with Crippen LogP contribution in [-0.4, -0.2) is 59.2 Å². The number of pyridine rings is 1. The molecule has 7 heteroatoms. The van der Waals surface area contributed by atoms with Crippen molar-refractivity contribution in [2.75, 3.05) is 44.7 Å². The summed E-state index contributed by atoms with van der Waals surface area (Å²) in [5.41, 5.74) is 6.44. The first-order valence-electron chi connectivity index (χ1n) is 11.5. The van der Waals surface area contributed by atoms with Crippen LogP contribution >= 0.6 is 0 Å². The van der Waals surface area contributed by atoms with E-state index < -0.39 is 0 Å². The molecule has 7 nitrogen and oxygen atoms in total. The van der Waals surface area contributed by atoms with Gasteiger partial charge in [0.15, 0.2) is 11.4 Å². The zero-order chi connectivity index (χ0) is 20.3. The fraction of sp³-hybridized carbons (Fsp3) is 0.609. The van der Waals surface area contributed by atoms with E-state index in [1.165, 1.54) is 29.7 Å². The zero-order valence-corrected chi connectivity index (χ0v) is 17.9. The highest BCUT2D eigenvalue weighted by Gasteiger charge is 2.24. The van der Waals surface area contributed by atoms with E-state index in [4.69, 9.17) is 14.1 Å². The minimum Gasteiger partial charge on any atom is -0.432 e. The van der Waals surface area contributed by atoms with Gasteiger partial charge in [-0.15, -0.1) is 0 Å². The van der Waals surface area contributed by atoms with Crippen molar-refractivity contribution < 1.29 is 9.15 Å². The number of hydrogen-bond acceptors (Lipinski definition) is 7. The molecule has 2 aliphatic rings. The number of rotatable bonds is 7. The number of aromatic nitrogens is 3. The second-order valence-electron chi connectivity index (χ2n) is 8.39. The molecule has 0 aromatic carbocycles. The first kappa shape index (κ1) is 19.7. The Kier molecular flexibility index (Phi) is 5.82. The van der Waals surface area contributed by atoms with E-state index in [1.54, 1.807) is 6.33 Å². The number of anilines is 1. The largest absolute Gasteiger partial charge is 0.432 e. The molecule has 1 aliphatic carbocycles. The van der Waals surface area contributed by atoms with Crippen LogP contribution in [0.1, 0.15) is 49.4 Å².